The summed E-state index contributed by atoms with van der Waals surface area (Å²) in [5.74, 6) is 0.689. The van der Waals surface area contributed by atoms with E-state index in [0.717, 1.165) is 35.7 Å². The van der Waals surface area contributed by atoms with Crippen molar-refractivity contribution >= 4 is 17.4 Å². The Morgan fingerprint density at radius 2 is 1.93 bits per heavy atom. The van der Waals surface area contributed by atoms with Crippen molar-refractivity contribution < 1.29 is 4.79 Å². The van der Waals surface area contributed by atoms with E-state index in [1.54, 1.807) is 23.1 Å². The molecule has 29 heavy (non-hydrogen) atoms. The molecule has 3 aromatic heterocycles. The summed E-state index contributed by atoms with van der Waals surface area (Å²) in [6, 6.07) is 9.76. The van der Waals surface area contributed by atoms with Crippen LogP contribution >= 0.6 is 0 Å². The first kappa shape index (κ1) is 17.4. The Morgan fingerprint density at radius 3 is 2.79 bits per heavy atom. The van der Waals surface area contributed by atoms with Crippen LogP contribution in [0, 0.1) is 6.92 Å². The molecule has 1 amide bonds. The standard InChI is InChI=1S/C21H21N7O/c1-15-4-2-3-5-18(15)28-11-7-17(25-28)21(29)24-16-6-10-27(14-16)20-19-22-8-12-26(19)13-9-23-20/h2-5,7-9,11-13,16H,6,10,14H2,1H3,(H,24,29)/t16-/m0/s1. The van der Waals surface area contributed by atoms with E-state index in [1.807, 2.05) is 54.2 Å². The Bertz CT molecular complexity index is 1180. The summed E-state index contributed by atoms with van der Waals surface area (Å²) >= 11 is 0. The van der Waals surface area contributed by atoms with Gasteiger partial charge in [0.25, 0.3) is 5.91 Å². The number of amides is 1. The number of fused-ring (bicyclic) bond motifs is 1. The Labute approximate surface area is 167 Å². The van der Waals surface area contributed by atoms with Crippen LogP contribution in [-0.2, 0) is 0 Å². The van der Waals surface area contributed by atoms with Gasteiger partial charge in [0, 0.05) is 50.1 Å². The number of imidazole rings is 1. The maximum absolute atomic E-state index is 12.7. The zero-order valence-electron chi connectivity index (χ0n) is 16.1. The highest BCUT2D eigenvalue weighted by Gasteiger charge is 2.27. The van der Waals surface area contributed by atoms with Gasteiger partial charge in [0.1, 0.15) is 0 Å². The third-order valence-electron chi connectivity index (χ3n) is 5.30. The van der Waals surface area contributed by atoms with Gasteiger partial charge in [-0.1, -0.05) is 18.2 Å². The number of carbonyl (C=O) groups excluding carboxylic acids is 1. The summed E-state index contributed by atoms with van der Waals surface area (Å²) < 4.78 is 3.70. The molecule has 1 saturated heterocycles. The van der Waals surface area contributed by atoms with Crippen LogP contribution in [-0.4, -0.2) is 49.2 Å². The monoisotopic (exact) mass is 387 g/mol. The molecule has 8 nitrogen and oxygen atoms in total. The van der Waals surface area contributed by atoms with Gasteiger partial charge in [0.15, 0.2) is 17.2 Å². The van der Waals surface area contributed by atoms with Crippen molar-refractivity contribution in [1.29, 1.82) is 0 Å². The van der Waals surface area contributed by atoms with Crippen LogP contribution in [0.25, 0.3) is 11.3 Å². The van der Waals surface area contributed by atoms with E-state index in [1.165, 1.54) is 0 Å². The Morgan fingerprint density at radius 1 is 1.10 bits per heavy atom. The molecule has 0 radical (unpaired) electrons. The average molecular weight is 387 g/mol. The minimum Gasteiger partial charge on any atom is -0.351 e. The molecule has 1 aliphatic heterocycles. The maximum atomic E-state index is 12.7. The summed E-state index contributed by atoms with van der Waals surface area (Å²) in [4.78, 5) is 23.8. The molecule has 8 heteroatoms. The van der Waals surface area contributed by atoms with Crippen molar-refractivity contribution in [3.8, 4) is 5.69 Å². The summed E-state index contributed by atoms with van der Waals surface area (Å²) in [7, 11) is 0. The van der Waals surface area contributed by atoms with Gasteiger partial charge < -0.3 is 14.6 Å². The van der Waals surface area contributed by atoms with Gasteiger partial charge in [-0.2, -0.15) is 5.10 Å². The molecule has 0 unspecified atom stereocenters. The number of para-hydroxylation sites is 1. The lowest BCUT2D eigenvalue weighted by Gasteiger charge is -2.18. The van der Waals surface area contributed by atoms with E-state index in [4.69, 9.17) is 0 Å². The molecule has 0 aliphatic carbocycles. The second-order valence-electron chi connectivity index (χ2n) is 7.25. The van der Waals surface area contributed by atoms with Crippen LogP contribution in [0.15, 0.2) is 61.3 Å². The molecule has 4 heterocycles. The van der Waals surface area contributed by atoms with Crippen molar-refractivity contribution in [3.05, 3.63) is 72.6 Å². The molecule has 0 bridgehead atoms. The number of nitrogens with one attached hydrogen (secondary N) is 1. The number of hydrogen-bond donors (Lipinski definition) is 1. The van der Waals surface area contributed by atoms with E-state index in [0.29, 0.717) is 12.2 Å². The van der Waals surface area contributed by atoms with E-state index < -0.39 is 0 Å². The van der Waals surface area contributed by atoms with Gasteiger partial charge in [-0.25, -0.2) is 14.6 Å². The van der Waals surface area contributed by atoms with Crippen molar-refractivity contribution in [2.45, 2.75) is 19.4 Å². The predicted octanol–water partition coefficient (Wildman–Crippen LogP) is 2.23. The number of benzene rings is 1. The number of aromatic nitrogens is 5. The largest absolute Gasteiger partial charge is 0.351 e. The van der Waals surface area contributed by atoms with Crippen LogP contribution in [0.3, 0.4) is 0 Å². The highest BCUT2D eigenvalue weighted by atomic mass is 16.2. The number of rotatable bonds is 4. The molecule has 1 N–H and O–H groups in total. The first-order valence-corrected chi connectivity index (χ1v) is 9.64. The molecule has 0 saturated carbocycles. The summed E-state index contributed by atoms with van der Waals surface area (Å²) in [5, 5.41) is 7.56. The van der Waals surface area contributed by atoms with Gasteiger partial charge in [-0.15, -0.1) is 0 Å². The SMILES string of the molecule is Cc1ccccc1-n1ccc(C(=O)N[C@H]2CCN(c3nccn4ccnc34)C2)n1. The van der Waals surface area contributed by atoms with Crippen LogP contribution in [0.1, 0.15) is 22.5 Å². The quantitative estimate of drug-likeness (QED) is 0.581. The lowest BCUT2D eigenvalue weighted by molar-refractivity contribution is 0.0935. The van der Waals surface area contributed by atoms with Gasteiger partial charge in [0.2, 0.25) is 0 Å². The second-order valence-corrected chi connectivity index (χ2v) is 7.25. The fourth-order valence-electron chi connectivity index (χ4n) is 3.79. The molecule has 1 aromatic carbocycles. The topological polar surface area (TPSA) is 80.4 Å². The predicted molar refractivity (Wildman–Crippen MR) is 109 cm³/mol. The number of aryl methyl sites for hydroxylation is 1. The van der Waals surface area contributed by atoms with E-state index in [9.17, 15) is 4.79 Å². The molecule has 0 spiro atoms. The third-order valence-corrected chi connectivity index (χ3v) is 5.30. The molecule has 5 rings (SSSR count). The molecule has 1 atom stereocenters. The third kappa shape index (κ3) is 3.22. The fraction of sp³-hybridized carbons (Fsp3) is 0.238. The number of carbonyl (C=O) groups is 1. The van der Waals surface area contributed by atoms with Gasteiger partial charge in [0.05, 0.1) is 5.69 Å². The van der Waals surface area contributed by atoms with E-state index in [2.05, 4.69) is 25.3 Å². The summed E-state index contributed by atoms with van der Waals surface area (Å²) in [6.45, 7) is 3.55. The van der Waals surface area contributed by atoms with Gasteiger partial charge in [-0.05, 0) is 31.0 Å². The van der Waals surface area contributed by atoms with Crippen LogP contribution in [0.2, 0.25) is 0 Å². The smallest absolute Gasteiger partial charge is 0.272 e. The molecule has 4 aromatic rings. The van der Waals surface area contributed by atoms with Gasteiger partial charge in [-0.3, -0.25) is 4.79 Å². The van der Waals surface area contributed by atoms with E-state index in [-0.39, 0.29) is 11.9 Å². The molecule has 1 aliphatic rings. The molecule has 146 valence electrons. The van der Waals surface area contributed by atoms with Crippen molar-refractivity contribution in [3.63, 3.8) is 0 Å². The minimum atomic E-state index is -0.156. The van der Waals surface area contributed by atoms with Crippen molar-refractivity contribution in [2.75, 3.05) is 18.0 Å². The van der Waals surface area contributed by atoms with Crippen molar-refractivity contribution in [1.82, 2.24) is 29.5 Å². The average Bonchev–Trinajstić information content (AvgIpc) is 3.48. The lowest BCUT2D eigenvalue weighted by Crippen LogP contribution is -2.37. The first-order valence-electron chi connectivity index (χ1n) is 9.64. The molecular formula is C21H21N7O. The number of nitrogens with zero attached hydrogens (tertiary/aromatic N) is 6. The van der Waals surface area contributed by atoms with E-state index >= 15 is 0 Å². The first-order chi connectivity index (χ1) is 14.2. The number of anilines is 1. The summed E-state index contributed by atoms with van der Waals surface area (Å²) in [6.07, 6.45) is 10.00. The van der Waals surface area contributed by atoms with Crippen molar-refractivity contribution in [2.24, 2.45) is 0 Å². The van der Waals surface area contributed by atoms with Crippen LogP contribution < -0.4 is 10.2 Å². The van der Waals surface area contributed by atoms with Crippen LogP contribution in [0.4, 0.5) is 5.82 Å². The Balaban J connectivity index is 1.28. The van der Waals surface area contributed by atoms with Gasteiger partial charge >= 0.3 is 0 Å². The zero-order chi connectivity index (χ0) is 19.8. The minimum absolute atomic E-state index is 0.0446. The highest BCUT2D eigenvalue weighted by Crippen LogP contribution is 2.22. The fourth-order valence-corrected chi connectivity index (χ4v) is 3.79. The second kappa shape index (κ2) is 7.05. The normalized spacial score (nSPS) is 16.4. The summed E-state index contributed by atoms with van der Waals surface area (Å²) in [5.41, 5.74) is 3.32. The zero-order valence-corrected chi connectivity index (χ0v) is 16.1. The Kier molecular flexibility index (Phi) is 4.23. The number of hydrogen-bond acceptors (Lipinski definition) is 5. The Hall–Kier alpha value is -3.68. The highest BCUT2D eigenvalue weighted by molar-refractivity contribution is 5.92. The molecule has 1 fully saturated rings. The van der Waals surface area contributed by atoms with Crippen LogP contribution in [0.5, 0.6) is 0 Å². The molecular weight excluding hydrogens is 366 g/mol. The maximum Gasteiger partial charge on any atom is 0.272 e. The lowest BCUT2D eigenvalue weighted by atomic mass is 10.2.